The Morgan fingerprint density at radius 2 is 1.88 bits per heavy atom. The van der Waals surface area contributed by atoms with E-state index in [1.807, 2.05) is 19.1 Å². The Bertz CT molecular complexity index is 407. The van der Waals surface area contributed by atoms with Crippen LogP contribution in [0.2, 0.25) is 0 Å². The van der Waals surface area contributed by atoms with E-state index in [1.165, 1.54) is 0 Å². The van der Waals surface area contributed by atoms with Crippen molar-refractivity contribution in [2.24, 2.45) is 0 Å². The van der Waals surface area contributed by atoms with E-state index in [0.29, 0.717) is 12.5 Å². The Labute approximate surface area is 92.6 Å². The standard InChI is InChI=1S/C11H11FN4/c1-8-2-3-9(4-13-8)5-14-11-15-6-10(12)7-16-11/h2-4,6-7H,5H2,1H3,(H,14,15,16). The average Bonchev–Trinajstić information content (AvgIpc) is 2.30. The van der Waals surface area contributed by atoms with Crippen LogP contribution in [0.1, 0.15) is 11.3 Å². The van der Waals surface area contributed by atoms with Crippen molar-refractivity contribution in [3.8, 4) is 0 Å². The number of nitrogens with zero attached hydrogens (tertiary/aromatic N) is 3. The molecule has 0 aliphatic rings. The first kappa shape index (κ1) is 10.5. The second-order valence-corrected chi connectivity index (χ2v) is 3.39. The van der Waals surface area contributed by atoms with Gasteiger partial charge in [0.05, 0.1) is 12.4 Å². The molecule has 2 heterocycles. The van der Waals surface area contributed by atoms with Gasteiger partial charge in [-0.05, 0) is 18.6 Å². The maximum atomic E-state index is 12.5. The molecule has 1 N–H and O–H groups in total. The molecule has 0 aliphatic carbocycles. The first-order valence-electron chi connectivity index (χ1n) is 4.87. The van der Waals surface area contributed by atoms with Crippen LogP contribution in [0.3, 0.4) is 0 Å². The molecule has 0 radical (unpaired) electrons. The lowest BCUT2D eigenvalue weighted by Crippen LogP contribution is -2.03. The van der Waals surface area contributed by atoms with Gasteiger partial charge in [0.2, 0.25) is 5.95 Å². The summed E-state index contributed by atoms with van der Waals surface area (Å²) in [5.41, 5.74) is 2.00. The smallest absolute Gasteiger partial charge is 0.223 e. The number of rotatable bonds is 3. The van der Waals surface area contributed by atoms with Gasteiger partial charge in [-0.15, -0.1) is 0 Å². The third-order valence-electron chi connectivity index (χ3n) is 2.04. The number of halogens is 1. The molecular formula is C11H11FN4. The Morgan fingerprint density at radius 3 is 2.50 bits per heavy atom. The van der Waals surface area contributed by atoms with E-state index in [-0.39, 0.29) is 0 Å². The van der Waals surface area contributed by atoms with Crippen molar-refractivity contribution in [2.75, 3.05) is 5.32 Å². The van der Waals surface area contributed by atoms with Gasteiger partial charge in [0.15, 0.2) is 5.82 Å². The maximum absolute atomic E-state index is 12.5. The lowest BCUT2D eigenvalue weighted by atomic mass is 10.2. The third kappa shape index (κ3) is 2.73. The molecule has 2 aromatic rings. The fourth-order valence-electron chi connectivity index (χ4n) is 1.19. The number of aryl methyl sites for hydroxylation is 1. The predicted molar refractivity (Wildman–Crippen MR) is 58.3 cm³/mol. The molecule has 5 heteroatoms. The normalized spacial score (nSPS) is 10.1. The molecule has 0 saturated heterocycles. The number of nitrogens with one attached hydrogen (secondary N) is 1. The second kappa shape index (κ2) is 4.65. The second-order valence-electron chi connectivity index (χ2n) is 3.39. The summed E-state index contributed by atoms with van der Waals surface area (Å²) in [6.45, 7) is 2.50. The van der Waals surface area contributed by atoms with E-state index in [1.54, 1.807) is 6.20 Å². The average molecular weight is 218 g/mol. The number of hydrogen-bond acceptors (Lipinski definition) is 4. The Balaban J connectivity index is 1.97. The topological polar surface area (TPSA) is 50.7 Å². The van der Waals surface area contributed by atoms with E-state index in [4.69, 9.17) is 0 Å². The highest BCUT2D eigenvalue weighted by Crippen LogP contribution is 2.03. The minimum Gasteiger partial charge on any atom is -0.350 e. The molecule has 0 atom stereocenters. The molecule has 0 amide bonds. The van der Waals surface area contributed by atoms with Crippen molar-refractivity contribution in [1.29, 1.82) is 0 Å². The van der Waals surface area contributed by atoms with Crippen LogP contribution in [0.25, 0.3) is 0 Å². The van der Waals surface area contributed by atoms with Crippen molar-refractivity contribution in [3.05, 3.63) is 47.8 Å². The summed E-state index contributed by atoms with van der Waals surface area (Å²) in [5.74, 6) is -0.0375. The van der Waals surface area contributed by atoms with Gasteiger partial charge in [0.1, 0.15) is 0 Å². The molecule has 16 heavy (non-hydrogen) atoms. The van der Waals surface area contributed by atoms with Crippen LogP contribution in [-0.2, 0) is 6.54 Å². The van der Waals surface area contributed by atoms with Crippen molar-refractivity contribution in [1.82, 2.24) is 15.0 Å². The fraction of sp³-hybridized carbons (Fsp3) is 0.182. The van der Waals surface area contributed by atoms with E-state index >= 15 is 0 Å². The molecule has 0 spiro atoms. The molecule has 0 unspecified atom stereocenters. The molecule has 0 bridgehead atoms. The van der Waals surface area contributed by atoms with Gasteiger partial charge >= 0.3 is 0 Å². The van der Waals surface area contributed by atoms with E-state index in [9.17, 15) is 4.39 Å². The largest absolute Gasteiger partial charge is 0.350 e. The fourth-order valence-corrected chi connectivity index (χ4v) is 1.19. The molecule has 4 nitrogen and oxygen atoms in total. The van der Waals surface area contributed by atoms with Crippen molar-refractivity contribution >= 4 is 5.95 Å². The van der Waals surface area contributed by atoms with Crippen molar-refractivity contribution in [3.63, 3.8) is 0 Å². The Morgan fingerprint density at radius 1 is 1.12 bits per heavy atom. The zero-order valence-corrected chi connectivity index (χ0v) is 8.81. The highest BCUT2D eigenvalue weighted by Gasteiger charge is 1.97. The SMILES string of the molecule is Cc1ccc(CNc2ncc(F)cn2)cn1. The lowest BCUT2D eigenvalue weighted by molar-refractivity contribution is 0.614. The molecule has 2 aromatic heterocycles. The first-order valence-corrected chi connectivity index (χ1v) is 4.87. The lowest BCUT2D eigenvalue weighted by Gasteiger charge is -2.04. The van der Waals surface area contributed by atoms with Gasteiger partial charge in [-0.1, -0.05) is 6.07 Å². The van der Waals surface area contributed by atoms with Crippen LogP contribution in [-0.4, -0.2) is 15.0 Å². The molecular weight excluding hydrogens is 207 g/mol. The number of anilines is 1. The summed E-state index contributed by atoms with van der Waals surface area (Å²) in [4.78, 5) is 11.8. The van der Waals surface area contributed by atoms with Gasteiger partial charge < -0.3 is 5.32 Å². The summed E-state index contributed by atoms with van der Waals surface area (Å²) < 4.78 is 12.5. The molecule has 0 fully saturated rings. The van der Waals surface area contributed by atoms with Gasteiger partial charge in [-0.25, -0.2) is 14.4 Å². The van der Waals surface area contributed by atoms with Crippen molar-refractivity contribution in [2.45, 2.75) is 13.5 Å². The predicted octanol–water partition coefficient (Wildman–Crippen LogP) is 1.93. The summed E-state index contributed by atoms with van der Waals surface area (Å²) in [6.07, 6.45) is 4.04. The minimum atomic E-state index is -0.442. The zero-order valence-electron chi connectivity index (χ0n) is 8.81. The van der Waals surface area contributed by atoms with Gasteiger partial charge in [-0.2, -0.15) is 0 Å². The molecule has 82 valence electrons. The van der Waals surface area contributed by atoms with Gasteiger partial charge in [0.25, 0.3) is 0 Å². The number of hydrogen-bond donors (Lipinski definition) is 1. The monoisotopic (exact) mass is 218 g/mol. The van der Waals surface area contributed by atoms with Crippen LogP contribution in [0.5, 0.6) is 0 Å². The number of aromatic nitrogens is 3. The summed E-state index contributed by atoms with van der Waals surface area (Å²) in [7, 11) is 0. The molecule has 0 aromatic carbocycles. The summed E-state index contributed by atoms with van der Waals surface area (Å²) in [5, 5.41) is 2.98. The van der Waals surface area contributed by atoms with Crippen LogP contribution >= 0.6 is 0 Å². The molecule has 2 rings (SSSR count). The highest BCUT2D eigenvalue weighted by atomic mass is 19.1. The number of pyridine rings is 1. The summed E-state index contributed by atoms with van der Waals surface area (Å²) in [6, 6.07) is 3.90. The minimum absolute atomic E-state index is 0.405. The third-order valence-corrected chi connectivity index (χ3v) is 2.04. The quantitative estimate of drug-likeness (QED) is 0.855. The van der Waals surface area contributed by atoms with Gasteiger partial charge in [-0.3, -0.25) is 4.98 Å². The highest BCUT2D eigenvalue weighted by molar-refractivity contribution is 5.25. The Hall–Kier alpha value is -2.04. The first-order chi connectivity index (χ1) is 7.74. The van der Waals surface area contributed by atoms with Crippen LogP contribution in [0.15, 0.2) is 30.7 Å². The van der Waals surface area contributed by atoms with E-state index in [2.05, 4.69) is 20.3 Å². The van der Waals surface area contributed by atoms with E-state index in [0.717, 1.165) is 23.7 Å². The zero-order chi connectivity index (χ0) is 11.4. The van der Waals surface area contributed by atoms with Gasteiger partial charge in [0, 0.05) is 18.4 Å². The summed E-state index contributed by atoms with van der Waals surface area (Å²) >= 11 is 0. The Kier molecular flexibility index (Phi) is 3.05. The van der Waals surface area contributed by atoms with Crippen LogP contribution < -0.4 is 5.32 Å². The molecule has 0 saturated carbocycles. The van der Waals surface area contributed by atoms with E-state index < -0.39 is 5.82 Å². The maximum Gasteiger partial charge on any atom is 0.223 e. The van der Waals surface area contributed by atoms with Crippen molar-refractivity contribution < 1.29 is 4.39 Å². The molecule has 0 aliphatic heterocycles. The van der Waals surface area contributed by atoms with Crippen LogP contribution in [0, 0.1) is 12.7 Å². The van der Waals surface area contributed by atoms with Crippen LogP contribution in [0.4, 0.5) is 10.3 Å².